The second-order valence-corrected chi connectivity index (χ2v) is 5.28. The first kappa shape index (κ1) is 16.6. The van der Waals surface area contributed by atoms with Crippen LogP contribution in [0.1, 0.15) is 26.3 Å². The van der Waals surface area contributed by atoms with Gasteiger partial charge in [0.15, 0.2) is 11.5 Å². The highest BCUT2D eigenvalue weighted by Gasteiger charge is 2.23. The molecule has 2 N–H and O–H groups in total. The lowest BCUT2D eigenvalue weighted by atomic mass is 9.98. The predicted octanol–water partition coefficient (Wildman–Crippen LogP) is 1.96. The zero-order valence-electron chi connectivity index (χ0n) is 13.1. The molecule has 0 radical (unpaired) electrons. The first-order chi connectivity index (χ1) is 9.35. The molecule has 0 spiro atoms. The Balaban J connectivity index is 2.97. The van der Waals surface area contributed by atoms with Gasteiger partial charge in [0.2, 0.25) is 5.75 Å². The molecule has 5 nitrogen and oxygen atoms in total. The van der Waals surface area contributed by atoms with E-state index in [4.69, 9.17) is 14.2 Å². The molecule has 0 heterocycles. The number of aliphatic hydroxyl groups is 1. The summed E-state index contributed by atoms with van der Waals surface area (Å²) in [5.41, 5.74) is 0.619. The molecule has 0 fully saturated rings. The molecular formula is C15H25NO4. The molecule has 1 unspecified atom stereocenters. The molecular weight excluding hydrogens is 258 g/mol. The molecule has 0 aromatic heterocycles. The fraction of sp³-hybridized carbons (Fsp3) is 0.600. The van der Waals surface area contributed by atoms with Gasteiger partial charge in [0.1, 0.15) is 0 Å². The minimum atomic E-state index is -0.454. The van der Waals surface area contributed by atoms with Crippen molar-refractivity contribution in [1.29, 1.82) is 0 Å². The van der Waals surface area contributed by atoms with Gasteiger partial charge in [-0.05, 0) is 38.5 Å². The van der Waals surface area contributed by atoms with Crippen LogP contribution in [0, 0.1) is 0 Å². The molecule has 0 aliphatic carbocycles. The van der Waals surface area contributed by atoms with Crippen molar-refractivity contribution in [2.75, 3.05) is 21.3 Å². The van der Waals surface area contributed by atoms with Gasteiger partial charge in [0, 0.05) is 12.1 Å². The van der Waals surface area contributed by atoms with Gasteiger partial charge in [0.25, 0.3) is 0 Å². The van der Waals surface area contributed by atoms with Crippen LogP contribution in [0.4, 0.5) is 0 Å². The number of rotatable bonds is 7. The van der Waals surface area contributed by atoms with E-state index in [1.807, 2.05) is 26.0 Å². The van der Waals surface area contributed by atoms with Crippen molar-refractivity contribution < 1.29 is 19.3 Å². The topological polar surface area (TPSA) is 60.0 Å². The second kappa shape index (κ2) is 6.81. The average Bonchev–Trinajstić information content (AvgIpc) is 2.43. The molecule has 0 aliphatic rings. The Kier molecular flexibility index (Phi) is 5.65. The molecule has 1 aromatic rings. The van der Waals surface area contributed by atoms with E-state index >= 15 is 0 Å². The summed E-state index contributed by atoms with van der Waals surface area (Å²) in [6.07, 6.45) is -0.454. The number of benzene rings is 1. The van der Waals surface area contributed by atoms with Crippen LogP contribution in [-0.2, 0) is 6.54 Å². The van der Waals surface area contributed by atoms with Crippen LogP contribution in [-0.4, -0.2) is 38.1 Å². The number of hydrogen-bond acceptors (Lipinski definition) is 5. The van der Waals surface area contributed by atoms with Crippen molar-refractivity contribution in [2.24, 2.45) is 0 Å². The summed E-state index contributed by atoms with van der Waals surface area (Å²) in [6.45, 7) is 6.27. The van der Waals surface area contributed by atoms with Crippen LogP contribution in [0.2, 0.25) is 0 Å². The second-order valence-electron chi connectivity index (χ2n) is 5.28. The molecule has 0 bridgehead atoms. The number of nitrogens with one attached hydrogen (secondary N) is 1. The van der Waals surface area contributed by atoms with Crippen molar-refractivity contribution in [3.63, 3.8) is 0 Å². The Hall–Kier alpha value is -1.46. The monoisotopic (exact) mass is 283 g/mol. The van der Waals surface area contributed by atoms with E-state index in [0.29, 0.717) is 23.8 Å². The first-order valence-electron chi connectivity index (χ1n) is 6.57. The lowest BCUT2D eigenvalue weighted by Crippen LogP contribution is -2.47. The highest BCUT2D eigenvalue weighted by Crippen LogP contribution is 2.38. The van der Waals surface area contributed by atoms with Gasteiger partial charge in [-0.15, -0.1) is 0 Å². The molecule has 0 saturated carbocycles. The molecule has 1 atom stereocenters. The quantitative estimate of drug-likeness (QED) is 0.801. The smallest absolute Gasteiger partial charge is 0.203 e. The van der Waals surface area contributed by atoms with Crippen molar-refractivity contribution in [2.45, 2.75) is 39.0 Å². The molecule has 1 rings (SSSR count). The van der Waals surface area contributed by atoms with E-state index in [1.165, 1.54) is 0 Å². The van der Waals surface area contributed by atoms with E-state index in [2.05, 4.69) is 5.32 Å². The molecule has 20 heavy (non-hydrogen) atoms. The molecule has 0 aliphatic heterocycles. The van der Waals surface area contributed by atoms with E-state index in [1.54, 1.807) is 28.3 Å². The summed E-state index contributed by atoms with van der Waals surface area (Å²) >= 11 is 0. The van der Waals surface area contributed by atoms with Gasteiger partial charge in [-0.25, -0.2) is 0 Å². The molecule has 114 valence electrons. The van der Waals surface area contributed by atoms with Gasteiger partial charge in [-0.1, -0.05) is 0 Å². The maximum atomic E-state index is 9.71. The Morgan fingerprint density at radius 1 is 1.10 bits per heavy atom. The maximum absolute atomic E-state index is 9.71. The van der Waals surface area contributed by atoms with Crippen LogP contribution < -0.4 is 19.5 Å². The predicted molar refractivity (Wildman–Crippen MR) is 78.7 cm³/mol. The fourth-order valence-electron chi connectivity index (χ4n) is 1.72. The summed E-state index contributed by atoms with van der Waals surface area (Å²) in [7, 11) is 4.76. The van der Waals surface area contributed by atoms with E-state index in [9.17, 15) is 5.11 Å². The third-order valence-corrected chi connectivity index (χ3v) is 3.52. The van der Waals surface area contributed by atoms with Gasteiger partial charge in [0.05, 0.1) is 27.4 Å². The minimum absolute atomic E-state index is 0.375. The minimum Gasteiger partial charge on any atom is -0.493 e. The maximum Gasteiger partial charge on any atom is 0.203 e. The zero-order chi connectivity index (χ0) is 15.3. The molecule has 0 saturated heterocycles. The number of hydrogen-bond donors (Lipinski definition) is 2. The van der Waals surface area contributed by atoms with Crippen molar-refractivity contribution in [3.05, 3.63) is 17.7 Å². The Morgan fingerprint density at radius 3 is 1.95 bits per heavy atom. The highest BCUT2D eigenvalue weighted by molar-refractivity contribution is 5.53. The van der Waals surface area contributed by atoms with Gasteiger partial charge >= 0.3 is 0 Å². The van der Waals surface area contributed by atoms with E-state index in [0.717, 1.165) is 5.56 Å². The fourth-order valence-corrected chi connectivity index (χ4v) is 1.72. The van der Waals surface area contributed by atoms with Gasteiger partial charge in [-0.3, -0.25) is 0 Å². The van der Waals surface area contributed by atoms with Crippen LogP contribution in [0.5, 0.6) is 17.2 Å². The lowest BCUT2D eigenvalue weighted by Gasteiger charge is -2.29. The molecule has 5 heteroatoms. The number of methoxy groups -OCH3 is 3. The molecule has 0 amide bonds. The highest BCUT2D eigenvalue weighted by atomic mass is 16.5. The Morgan fingerprint density at radius 2 is 1.60 bits per heavy atom. The Bertz CT molecular complexity index is 418. The summed E-state index contributed by atoms with van der Waals surface area (Å²) in [5.74, 6) is 1.82. The van der Waals surface area contributed by atoms with Crippen LogP contribution >= 0.6 is 0 Å². The average molecular weight is 283 g/mol. The van der Waals surface area contributed by atoms with E-state index in [-0.39, 0.29) is 5.54 Å². The Labute approximate surface area is 120 Å². The van der Waals surface area contributed by atoms with Gasteiger partial charge in [-0.2, -0.15) is 0 Å². The van der Waals surface area contributed by atoms with Crippen molar-refractivity contribution in [3.8, 4) is 17.2 Å². The third kappa shape index (κ3) is 3.77. The standard InChI is InChI=1S/C15H25NO4/c1-10(17)15(2,3)16-9-11-7-12(18-4)14(20-6)13(8-11)19-5/h7-8,10,16-17H,9H2,1-6H3. The van der Waals surface area contributed by atoms with Crippen LogP contribution in [0.15, 0.2) is 12.1 Å². The summed E-state index contributed by atoms with van der Waals surface area (Å²) in [6, 6.07) is 3.79. The normalized spacial score (nSPS) is 12.9. The van der Waals surface area contributed by atoms with E-state index < -0.39 is 6.10 Å². The molecule has 1 aromatic carbocycles. The third-order valence-electron chi connectivity index (χ3n) is 3.52. The summed E-state index contributed by atoms with van der Waals surface area (Å²) in [5, 5.41) is 13.0. The van der Waals surface area contributed by atoms with Gasteiger partial charge < -0.3 is 24.6 Å². The zero-order valence-corrected chi connectivity index (χ0v) is 13.1. The van der Waals surface area contributed by atoms with Crippen molar-refractivity contribution >= 4 is 0 Å². The van der Waals surface area contributed by atoms with Crippen LogP contribution in [0.25, 0.3) is 0 Å². The summed E-state index contributed by atoms with van der Waals surface area (Å²) < 4.78 is 15.9. The summed E-state index contributed by atoms with van der Waals surface area (Å²) in [4.78, 5) is 0. The van der Waals surface area contributed by atoms with Crippen molar-refractivity contribution in [1.82, 2.24) is 5.32 Å². The largest absolute Gasteiger partial charge is 0.493 e. The number of ether oxygens (including phenoxy) is 3. The van der Waals surface area contributed by atoms with Crippen LogP contribution in [0.3, 0.4) is 0 Å². The SMILES string of the molecule is COc1cc(CNC(C)(C)C(C)O)cc(OC)c1OC. The first-order valence-corrected chi connectivity index (χ1v) is 6.57. The lowest BCUT2D eigenvalue weighted by molar-refractivity contribution is 0.0956. The number of aliphatic hydroxyl groups excluding tert-OH is 1.